The highest BCUT2D eigenvalue weighted by atomic mass is 16.5. The molecule has 0 aromatic heterocycles. The Balaban J connectivity index is 3.92. The number of ether oxygens (including phenoxy) is 1. The minimum Gasteiger partial charge on any atom is -0.383 e. The summed E-state index contributed by atoms with van der Waals surface area (Å²) < 4.78 is 5.06. The first-order valence-electron chi connectivity index (χ1n) is 5.38. The number of nitrogens with zero attached hydrogens (tertiary/aromatic N) is 1. The highest BCUT2D eigenvalue weighted by Crippen LogP contribution is 2.17. The van der Waals surface area contributed by atoms with Crippen molar-refractivity contribution in [2.24, 2.45) is 11.1 Å². The first-order chi connectivity index (χ1) is 6.41. The molecule has 2 N–H and O–H groups in total. The van der Waals surface area contributed by atoms with Crippen molar-refractivity contribution in [3.63, 3.8) is 0 Å². The van der Waals surface area contributed by atoms with Crippen LogP contribution in [0.5, 0.6) is 0 Å². The number of methoxy groups -OCH3 is 1. The van der Waals surface area contributed by atoms with Crippen LogP contribution in [0.15, 0.2) is 0 Å². The van der Waals surface area contributed by atoms with Crippen LogP contribution >= 0.6 is 0 Å². The molecule has 0 rings (SSSR count). The Morgan fingerprint density at radius 1 is 1.36 bits per heavy atom. The molecule has 1 unspecified atom stereocenters. The zero-order valence-electron chi connectivity index (χ0n) is 10.3. The van der Waals surface area contributed by atoms with E-state index in [9.17, 15) is 0 Å². The topological polar surface area (TPSA) is 38.5 Å². The van der Waals surface area contributed by atoms with Gasteiger partial charge in [0.1, 0.15) is 0 Å². The number of nitrogens with two attached hydrogens (primary N) is 1. The molecule has 0 fully saturated rings. The molecule has 0 spiro atoms. The van der Waals surface area contributed by atoms with E-state index in [1.165, 1.54) is 0 Å². The standard InChI is InChI=1S/C11H26N2O/c1-6-13(7-8-14-5)9-10(12)11(2,3)4/h10H,6-9,12H2,1-5H3. The lowest BCUT2D eigenvalue weighted by Crippen LogP contribution is -2.46. The molecule has 0 bridgehead atoms. The molecule has 0 saturated carbocycles. The summed E-state index contributed by atoms with van der Waals surface area (Å²) in [5.41, 5.74) is 6.30. The lowest BCUT2D eigenvalue weighted by molar-refractivity contribution is 0.134. The highest BCUT2D eigenvalue weighted by molar-refractivity contribution is 4.79. The predicted octanol–water partition coefficient (Wildman–Crippen LogP) is 1.33. The van der Waals surface area contributed by atoms with Crippen LogP contribution < -0.4 is 5.73 Å². The van der Waals surface area contributed by atoms with Crippen LogP contribution in [-0.4, -0.2) is 44.3 Å². The molecular weight excluding hydrogens is 176 g/mol. The normalized spacial score (nSPS) is 14.8. The molecule has 3 heteroatoms. The fourth-order valence-corrected chi connectivity index (χ4v) is 1.15. The number of hydrogen-bond acceptors (Lipinski definition) is 3. The number of rotatable bonds is 6. The summed E-state index contributed by atoms with van der Waals surface area (Å²) in [4.78, 5) is 2.33. The van der Waals surface area contributed by atoms with Gasteiger partial charge in [0.05, 0.1) is 6.61 Å². The third kappa shape index (κ3) is 5.58. The molecule has 0 aromatic carbocycles. The molecule has 0 heterocycles. The molecule has 86 valence electrons. The second kappa shape index (κ2) is 6.38. The van der Waals surface area contributed by atoms with Gasteiger partial charge in [-0.1, -0.05) is 27.7 Å². The number of hydrogen-bond donors (Lipinski definition) is 1. The minimum absolute atomic E-state index is 0.181. The lowest BCUT2D eigenvalue weighted by Gasteiger charge is -2.32. The molecule has 0 aliphatic rings. The molecule has 3 nitrogen and oxygen atoms in total. The molecule has 0 aliphatic carbocycles. The van der Waals surface area contributed by atoms with Gasteiger partial charge in [-0.15, -0.1) is 0 Å². The van der Waals surface area contributed by atoms with E-state index in [2.05, 4.69) is 32.6 Å². The Morgan fingerprint density at radius 2 is 1.93 bits per heavy atom. The van der Waals surface area contributed by atoms with Gasteiger partial charge in [0.25, 0.3) is 0 Å². The van der Waals surface area contributed by atoms with Crippen molar-refractivity contribution in [2.45, 2.75) is 33.7 Å². The summed E-state index contributed by atoms with van der Waals surface area (Å²) in [7, 11) is 1.73. The summed E-state index contributed by atoms with van der Waals surface area (Å²) in [6.07, 6.45) is 0. The highest BCUT2D eigenvalue weighted by Gasteiger charge is 2.22. The number of likely N-dealkylation sites (N-methyl/N-ethyl adjacent to an activating group) is 1. The van der Waals surface area contributed by atoms with Gasteiger partial charge in [0, 0.05) is 26.2 Å². The van der Waals surface area contributed by atoms with E-state index in [1.807, 2.05) is 0 Å². The van der Waals surface area contributed by atoms with E-state index in [-0.39, 0.29) is 11.5 Å². The zero-order chi connectivity index (χ0) is 11.2. The molecule has 0 radical (unpaired) electrons. The van der Waals surface area contributed by atoms with Crippen molar-refractivity contribution in [1.29, 1.82) is 0 Å². The van der Waals surface area contributed by atoms with E-state index >= 15 is 0 Å². The van der Waals surface area contributed by atoms with Gasteiger partial charge in [-0.2, -0.15) is 0 Å². The summed E-state index contributed by atoms with van der Waals surface area (Å²) >= 11 is 0. The van der Waals surface area contributed by atoms with Crippen LogP contribution in [0.4, 0.5) is 0 Å². The summed E-state index contributed by atoms with van der Waals surface area (Å²) in [6, 6.07) is 0.222. The Labute approximate surface area is 88.6 Å². The van der Waals surface area contributed by atoms with Crippen LogP contribution in [0, 0.1) is 5.41 Å². The van der Waals surface area contributed by atoms with Crippen LogP contribution in [-0.2, 0) is 4.74 Å². The fraction of sp³-hybridized carbons (Fsp3) is 1.00. The molecule has 0 aliphatic heterocycles. The maximum atomic E-state index is 6.12. The van der Waals surface area contributed by atoms with Crippen LogP contribution in [0.3, 0.4) is 0 Å². The molecule has 0 aromatic rings. The molecule has 14 heavy (non-hydrogen) atoms. The quantitative estimate of drug-likeness (QED) is 0.706. The predicted molar refractivity (Wildman–Crippen MR) is 61.4 cm³/mol. The van der Waals surface area contributed by atoms with Crippen molar-refractivity contribution in [3.05, 3.63) is 0 Å². The van der Waals surface area contributed by atoms with Gasteiger partial charge >= 0.3 is 0 Å². The second-order valence-corrected chi connectivity index (χ2v) is 4.86. The lowest BCUT2D eigenvalue weighted by atomic mass is 9.87. The van der Waals surface area contributed by atoms with Crippen molar-refractivity contribution < 1.29 is 4.74 Å². The maximum Gasteiger partial charge on any atom is 0.0589 e. The third-order valence-corrected chi connectivity index (χ3v) is 2.63. The average molecular weight is 202 g/mol. The van der Waals surface area contributed by atoms with Crippen molar-refractivity contribution in [3.8, 4) is 0 Å². The van der Waals surface area contributed by atoms with E-state index in [1.54, 1.807) is 7.11 Å². The smallest absolute Gasteiger partial charge is 0.0589 e. The zero-order valence-corrected chi connectivity index (χ0v) is 10.3. The maximum absolute atomic E-state index is 6.12. The van der Waals surface area contributed by atoms with Gasteiger partial charge < -0.3 is 10.5 Å². The Hall–Kier alpha value is -0.120. The molecule has 0 saturated heterocycles. The van der Waals surface area contributed by atoms with E-state index in [0.717, 1.165) is 26.2 Å². The second-order valence-electron chi connectivity index (χ2n) is 4.86. The van der Waals surface area contributed by atoms with E-state index in [0.29, 0.717) is 0 Å². The van der Waals surface area contributed by atoms with E-state index in [4.69, 9.17) is 10.5 Å². The SMILES string of the molecule is CCN(CCOC)CC(N)C(C)(C)C. The van der Waals surface area contributed by atoms with Crippen molar-refractivity contribution in [1.82, 2.24) is 4.90 Å². The average Bonchev–Trinajstić information content (AvgIpc) is 2.10. The van der Waals surface area contributed by atoms with Gasteiger partial charge in [-0.05, 0) is 12.0 Å². The van der Waals surface area contributed by atoms with Crippen molar-refractivity contribution in [2.75, 3.05) is 33.4 Å². The van der Waals surface area contributed by atoms with E-state index < -0.39 is 0 Å². The Bertz CT molecular complexity index is 143. The van der Waals surface area contributed by atoms with Crippen LogP contribution in [0.1, 0.15) is 27.7 Å². The first-order valence-corrected chi connectivity index (χ1v) is 5.38. The Morgan fingerprint density at radius 3 is 2.29 bits per heavy atom. The van der Waals surface area contributed by atoms with Gasteiger partial charge in [-0.3, -0.25) is 4.90 Å². The minimum atomic E-state index is 0.181. The molecule has 1 atom stereocenters. The van der Waals surface area contributed by atoms with Gasteiger partial charge in [0.15, 0.2) is 0 Å². The first kappa shape index (κ1) is 13.9. The molecule has 0 amide bonds. The fourth-order valence-electron chi connectivity index (χ4n) is 1.15. The van der Waals surface area contributed by atoms with Crippen LogP contribution in [0.2, 0.25) is 0 Å². The summed E-state index contributed by atoms with van der Waals surface area (Å²) in [6.45, 7) is 12.4. The summed E-state index contributed by atoms with van der Waals surface area (Å²) in [5, 5.41) is 0. The molecular formula is C11H26N2O. The summed E-state index contributed by atoms with van der Waals surface area (Å²) in [5.74, 6) is 0. The third-order valence-electron chi connectivity index (χ3n) is 2.63. The van der Waals surface area contributed by atoms with Crippen LogP contribution in [0.25, 0.3) is 0 Å². The van der Waals surface area contributed by atoms with Gasteiger partial charge in [-0.25, -0.2) is 0 Å². The Kier molecular flexibility index (Phi) is 6.33. The largest absolute Gasteiger partial charge is 0.383 e. The monoisotopic (exact) mass is 202 g/mol. The van der Waals surface area contributed by atoms with Gasteiger partial charge in [0.2, 0.25) is 0 Å². The van der Waals surface area contributed by atoms with Crippen molar-refractivity contribution >= 4 is 0 Å².